The summed E-state index contributed by atoms with van der Waals surface area (Å²) in [7, 11) is 0. The Morgan fingerprint density at radius 2 is 2.19 bits per heavy atom. The molecule has 2 aliphatic rings. The molecule has 2 fully saturated rings. The van der Waals surface area contributed by atoms with Crippen molar-refractivity contribution in [2.45, 2.75) is 43.9 Å². The van der Waals surface area contributed by atoms with E-state index < -0.39 is 11.3 Å². The fraction of sp³-hybridized carbons (Fsp3) is 0.471. The van der Waals surface area contributed by atoms with Crippen LogP contribution in [0.5, 0.6) is 0 Å². The Bertz CT molecular complexity index is 544. The van der Waals surface area contributed by atoms with Crippen molar-refractivity contribution in [1.82, 2.24) is 5.06 Å². The maximum absolute atomic E-state index is 12.5. The van der Waals surface area contributed by atoms with E-state index in [2.05, 4.69) is 18.7 Å². The van der Waals surface area contributed by atoms with Crippen LogP contribution in [0.2, 0.25) is 0 Å². The van der Waals surface area contributed by atoms with Gasteiger partial charge in [-0.1, -0.05) is 36.4 Å². The Balaban J connectivity index is 1.88. The van der Waals surface area contributed by atoms with Crippen LogP contribution in [-0.4, -0.2) is 23.2 Å². The van der Waals surface area contributed by atoms with E-state index in [-0.39, 0.29) is 5.97 Å². The maximum Gasteiger partial charge on any atom is 0.329 e. The van der Waals surface area contributed by atoms with Gasteiger partial charge < -0.3 is 4.74 Å². The first-order chi connectivity index (χ1) is 10.2. The highest BCUT2D eigenvalue weighted by atomic mass is 16.9. The number of allylic oxidation sites excluding steroid dienone is 1. The minimum absolute atomic E-state index is 0.179. The zero-order valence-electron chi connectivity index (χ0n) is 12.4. The number of hydrogen-bond acceptors (Lipinski definition) is 4. The Kier molecular flexibility index (Phi) is 3.59. The molecule has 2 aliphatic heterocycles. The van der Waals surface area contributed by atoms with Gasteiger partial charge in [0.25, 0.3) is 0 Å². The number of carbonyl (C=O) groups is 1. The molecule has 2 heterocycles. The van der Waals surface area contributed by atoms with E-state index in [0.29, 0.717) is 13.0 Å². The average Bonchev–Trinajstić information content (AvgIpc) is 3.18. The third-order valence-electron chi connectivity index (χ3n) is 4.45. The molecule has 4 heteroatoms. The summed E-state index contributed by atoms with van der Waals surface area (Å²) < 4.78 is 5.31. The highest BCUT2D eigenvalue weighted by molar-refractivity contribution is 5.82. The zero-order valence-corrected chi connectivity index (χ0v) is 12.4. The topological polar surface area (TPSA) is 41.8 Å². The van der Waals surface area contributed by atoms with Gasteiger partial charge in [0, 0.05) is 12.0 Å². The molecule has 3 atom stereocenters. The first-order valence-corrected chi connectivity index (χ1v) is 7.53. The number of rotatable bonds is 6. The summed E-state index contributed by atoms with van der Waals surface area (Å²) >= 11 is 0. The standard InChI is InChI=1S/C17H21NO3/c1-3-5-11-16(15(19)20-4-2)12-13-17(18(16)21-17)14-9-7-6-8-10-14/h3,6-10H,1,4-5,11-13H2,2H3/t16-,17+,18?/m0/s1. The molecule has 0 aromatic heterocycles. The first-order valence-electron chi connectivity index (χ1n) is 7.53. The smallest absolute Gasteiger partial charge is 0.329 e. The van der Waals surface area contributed by atoms with Gasteiger partial charge in [-0.25, -0.2) is 4.79 Å². The molecule has 0 spiro atoms. The molecule has 0 bridgehead atoms. The van der Waals surface area contributed by atoms with Gasteiger partial charge in [0.15, 0.2) is 5.72 Å². The molecule has 112 valence electrons. The monoisotopic (exact) mass is 287 g/mol. The van der Waals surface area contributed by atoms with Crippen LogP contribution in [0, 0.1) is 0 Å². The summed E-state index contributed by atoms with van der Waals surface area (Å²) in [4.78, 5) is 18.4. The molecule has 0 aliphatic carbocycles. The van der Waals surface area contributed by atoms with Crippen molar-refractivity contribution in [3.05, 3.63) is 48.6 Å². The van der Waals surface area contributed by atoms with Gasteiger partial charge in [0.1, 0.15) is 5.54 Å². The minimum Gasteiger partial charge on any atom is -0.465 e. The van der Waals surface area contributed by atoms with E-state index in [0.717, 1.165) is 24.8 Å². The zero-order chi connectivity index (χ0) is 14.9. The van der Waals surface area contributed by atoms with Crippen molar-refractivity contribution in [2.75, 3.05) is 6.61 Å². The number of hydroxylamine groups is 2. The van der Waals surface area contributed by atoms with Crippen LogP contribution < -0.4 is 0 Å². The molecule has 21 heavy (non-hydrogen) atoms. The van der Waals surface area contributed by atoms with Crippen LogP contribution >= 0.6 is 0 Å². The van der Waals surface area contributed by atoms with E-state index in [1.807, 2.05) is 36.3 Å². The number of fused-ring (bicyclic) bond motifs is 1. The second kappa shape index (κ2) is 5.28. The summed E-state index contributed by atoms with van der Waals surface area (Å²) in [6.45, 7) is 5.99. The molecule has 0 N–H and O–H groups in total. The van der Waals surface area contributed by atoms with Crippen LogP contribution in [0.3, 0.4) is 0 Å². The molecule has 0 saturated carbocycles. The molecule has 0 amide bonds. The van der Waals surface area contributed by atoms with E-state index in [1.54, 1.807) is 0 Å². The lowest BCUT2D eigenvalue weighted by Crippen LogP contribution is -2.45. The van der Waals surface area contributed by atoms with Gasteiger partial charge in [-0.15, -0.1) is 11.6 Å². The molecule has 1 aromatic rings. The van der Waals surface area contributed by atoms with Gasteiger partial charge >= 0.3 is 5.97 Å². The van der Waals surface area contributed by atoms with Gasteiger partial charge in [0.2, 0.25) is 0 Å². The number of nitrogens with zero attached hydrogens (tertiary/aromatic N) is 1. The lowest BCUT2D eigenvalue weighted by atomic mass is 9.91. The van der Waals surface area contributed by atoms with Crippen LogP contribution in [0.25, 0.3) is 0 Å². The van der Waals surface area contributed by atoms with E-state index in [4.69, 9.17) is 9.57 Å². The summed E-state index contributed by atoms with van der Waals surface area (Å²) in [5, 5.41) is 1.86. The van der Waals surface area contributed by atoms with Gasteiger partial charge in [-0.3, -0.25) is 4.84 Å². The predicted molar refractivity (Wildman–Crippen MR) is 79.1 cm³/mol. The van der Waals surface area contributed by atoms with Crippen molar-refractivity contribution in [1.29, 1.82) is 0 Å². The molecule has 0 radical (unpaired) electrons. The fourth-order valence-corrected chi connectivity index (χ4v) is 3.32. The number of benzene rings is 1. The number of esters is 1. The summed E-state index contributed by atoms with van der Waals surface area (Å²) in [5.74, 6) is -0.179. The van der Waals surface area contributed by atoms with Crippen molar-refractivity contribution in [3.8, 4) is 0 Å². The van der Waals surface area contributed by atoms with Crippen LogP contribution in [0.4, 0.5) is 0 Å². The Morgan fingerprint density at radius 3 is 2.81 bits per heavy atom. The van der Waals surface area contributed by atoms with Gasteiger partial charge in [0.05, 0.1) is 6.61 Å². The molecular formula is C17H21NO3. The second-order valence-corrected chi connectivity index (χ2v) is 5.62. The molecule has 1 aromatic carbocycles. The van der Waals surface area contributed by atoms with Crippen LogP contribution in [0.15, 0.2) is 43.0 Å². The maximum atomic E-state index is 12.5. The predicted octanol–water partition coefficient (Wildman–Crippen LogP) is 3.15. The Hall–Kier alpha value is -1.65. The number of hydrogen-bond donors (Lipinski definition) is 0. The van der Waals surface area contributed by atoms with E-state index in [9.17, 15) is 4.79 Å². The second-order valence-electron chi connectivity index (χ2n) is 5.62. The lowest BCUT2D eigenvalue weighted by Gasteiger charge is -2.26. The highest BCUT2D eigenvalue weighted by Crippen LogP contribution is 2.61. The summed E-state index contributed by atoms with van der Waals surface area (Å²) in [6.07, 6.45) is 4.86. The lowest BCUT2D eigenvalue weighted by molar-refractivity contribution is -0.159. The largest absolute Gasteiger partial charge is 0.465 e. The molecule has 2 saturated heterocycles. The molecule has 1 unspecified atom stereocenters. The third-order valence-corrected chi connectivity index (χ3v) is 4.45. The van der Waals surface area contributed by atoms with Crippen molar-refractivity contribution >= 4 is 5.97 Å². The quantitative estimate of drug-likeness (QED) is 0.458. The minimum atomic E-state index is -0.667. The van der Waals surface area contributed by atoms with Crippen molar-refractivity contribution in [3.63, 3.8) is 0 Å². The Labute approximate surface area is 125 Å². The van der Waals surface area contributed by atoms with E-state index in [1.165, 1.54) is 0 Å². The molecular weight excluding hydrogens is 266 g/mol. The van der Waals surface area contributed by atoms with Crippen LogP contribution in [-0.2, 0) is 20.1 Å². The Morgan fingerprint density at radius 1 is 1.43 bits per heavy atom. The van der Waals surface area contributed by atoms with Gasteiger partial charge in [-0.05, 0) is 26.2 Å². The van der Waals surface area contributed by atoms with Crippen molar-refractivity contribution in [2.24, 2.45) is 0 Å². The number of carbonyl (C=O) groups excluding carboxylic acids is 1. The fourth-order valence-electron chi connectivity index (χ4n) is 3.32. The first kappa shape index (κ1) is 14.3. The summed E-state index contributed by atoms with van der Waals surface area (Å²) in [6, 6.07) is 10.1. The normalized spacial score (nSPS) is 33.3. The third kappa shape index (κ3) is 2.10. The SMILES string of the molecule is C=CCC[C@@]1(C(=O)OCC)CC[C@]2(c3ccccc3)ON12. The van der Waals surface area contributed by atoms with E-state index >= 15 is 0 Å². The number of ether oxygens (including phenoxy) is 1. The average molecular weight is 287 g/mol. The van der Waals surface area contributed by atoms with Crippen molar-refractivity contribution < 1.29 is 14.4 Å². The molecule has 3 rings (SSSR count). The van der Waals surface area contributed by atoms with Gasteiger partial charge in [-0.2, -0.15) is 0 Å². The molecule has 4 nitrogen and oxygen atoms in total. The highest BCUT2D eigenvalue weighted by Gasteiger charge is 2.73. The van der Waals surface area contributed by atoms with Crippen LogP contribution in [0.1, 0.15) is 38.2 Å². The summed E-state index contributed by atoms with van der Waals surface area (Å²) in [5.41, 5.74) is 0.00432.